The van der Waals surface area contributed by atoms with Crippen molar-refractivity contribution < 1.29 is 4.42 Å². The molecule has 0 aliphatic rings. The molecule has 0 spiro atoms. The maximum absolute atomic E-state index is 6.03. The monoisotopic (exact) mass is 323 g/mol. The predicted octanol–water partition coefficient (Wildman–Crippen LogP) is 5.01. The molecule has 0 aliphatic heterocycles. The van der Waals surface area contributed by atoms with Crippen LogP contribution in [0.5, 0.6) is 0 Å². The Kier molecular flexibility index (Phi) is 3.80. The zero-order valence-electron chi connectivity index (χ0n) is 12.6. The lowest BCUT2D eigenvalue weighted by atomic mass is 10.0. The third-order valence-corrected chi connectivity index (χ3v) is 4.67. The number of furan rings is 1. The highest BCUT2D eigenvalue weighted by atomic mass is 79.9. The molecule has 104 valence electrons. The van der Waals surface area contributed by atoms with Gasteiger partial charge < -0.3 is 9.73 Å². The number of benzene rings is 1. The SMILES string of the molecule is Cc1cc2oc(CNC(C)(C)C)c(C)c2c(C)c1Br. The first kappa shape index (κ1) is 14.6. The largest absolute Gasteiger partial charge is 0.459 e. The normalized spacial score (nSPS) is 12.4. The number of halogens is 1. The van der Waals surface area contributed by atoms with E-state index in [1.165, 1.54) is 26.5 Å². The lowest BCUT2D eigenvalue weighted by molar-refractivity contribution is 0.394. The first-order chi connectivity index (χ1) is 8.70. The van der Waals surface area contributed by atoms with Gasteiger partial charge in [0.15, 0.2) is 0 Å². The molecule has 0 radical (unpaired) electrons. The van der Waals surface area contributed by atoms with Crippen molar-refractivity contribution in [2.24, 2.45) is 0 Å². The van der Waals surface area contributed by atoms with Gasteiger partial charge in [0.1, 0.15) is 11.3 Å². The third-order valence-electron chi connectivity index (χ3n) is 3.45. The van der Waals surface area contributed by atoms with Gasteiger partial charge in [-0.2, -0.15) is 0 Å². The molecule has 19 heavy (non-hydrogen) atoms. The summed E-state index contributed by atoms with van der Waals surface area (Å²) in [5.41, 5.74) is 4.80. The van der Waals surface area contributed by atoms with Gasteiger partial charge in [-0.15, -0.1) is 0 Å². The van der Waals surface area contributed by atoms with Gasteiger partial charge >= 0.3 is 0 Å². The van der Waals surface area contributed by atoms with Gasteiger partial charge in [-0.1, -0.05) is 15.9 Å². The summed E-state index contributed by atoms with van der Waals surface area (Å²) in [5.74, 6) is 1.03. The molecule has 1 heterocycles. The topological polar surface area (TPSA) is 25.2 Å². The second kappa shape index (κ2) is 4.95. The van der Waals surface area contributed by atoms with E-state index < -0.39 is 0 Å². The van der Waals surface area contributed by atoms with E-state index in [0.717, 1.165) is 17.9 Å². The van der Waals surface area contributed by atoms with Gasteiger partial charge in [0.2, 0.25) is 0 Å². The average molecular weight is 324 g/mol. The minimum absolute atomic E-state index is 0.0942. The van der Waals surface area contributed by atoms with E-state index >= 15 is 0 Å². The van der Waals surface area contributed by atoms with E-state index in [-0.39, 0.29) is 5.54 Å². The number of rotatable bonds is 2. The highest BCUT2D eigenvalue weighted by Gasteiger charge is 2.17. The van der Waals surface area contributed by atoms with Crippen molar-refractivity contribution in [1.29, 1.82) is 0 Å². The molecule has 1 N–H and O–H groups in total. The Labute approximate surface area is 123 Å². The van der Waals surface area contributed by atoms with Crippen LogP contribution < -0.4 is 5.32 Å². The second-order valence-corrected chi connectivity index (χ2v) is 7.05. The van der Waals surface area contributed by atoms with E-state index in [1.807, 2.05) is 0 Å². The van der Waals surface area contributed by atoms with Crippen molar-refractivity contribution in [1.82, 2.24) is 5.32 Å². The number of fused-ring (bicyclic) bond motifs is 1. The van der Waals surface area contributed by atoms with Crippen LogP contribution in [0.1, 0.15) is 43.2 Å². The van der Waals surface area contributed by atoms with Gasteiger partial charge in [0.25, 0.3) is 0 Å². The van der Waals surface area contributed by atoms with Crippen molar-refractivity contribution in [2.45, 2.75) is 53.6 Å². The minimum Gasteiger partial charge on any atom is -0.459 e. The summed E-state index contributed by atoms with van der Waals surface area (Å²) in [5, 5.41) is 4.72. The summed E-state index contributed by atoms with van der Waals surface area (Å²) in [4.78, 5) is 0. The van der Waals surface area contributed by atoms with Gasteiger partial charge in [0, 0.05) is 15.4 Å². The summed E-state index contributed by atoms with van der Waals surface area (Å²) in [6.07, 6.45) is 0. The lowest BCUT2D eigenvalue weighted by Crippen LogP contribution is -2.35. The van der Waals surface area contributed by atoms with Crippen LogP contribution in [0.3, 0.4) is 0 Å². The molecule has 0 unspecified atom stereocenters. The molecule has 0 bridgehead atoms. The number of nitrogens with one attached hydrogen (secondary N) is 1. The fraction of sp³-hybridized carbons (Fsp3) is 0.500. The lowest BCUT2D eigenvalue weighted by Gasteiger charge is -2.19. The van der Waals surface area contributed by atoms with Crippen LogP contribution in [-0.2, 0) is 6.54 Å². The number of hydrogen-bond donors (Lipinski definition) is 1. The molecular weight excluding hydrogens is 302 g/mol. The van der Waals surface area contributed by atoms with Gasteiger partial charge in [-0.05, 0) is 64.3 Å². The van der Waals surface area contributed by atoms with Crippen molar-refractivity contribution in [3.63, 3.8) is 0 Å². The molecule has 1 aromatic carbocycles. The van der Waals surface area contributed by atoms with Gasteiger partial charge in [0.05, 0.1) is 6.54 Å². The molecule has 0 fully saturated rings. The van der Waals surface area contributed by atoms with E-state index in [0.29, 0.717) is 0 Å². The molecule has 3 heteroatoms. The van der Waals surface area contributed by atoms with Crippen molar-refractivity contribution in [3.05, 3.63) is 33.0 Å². The van der Waals surface area contributed by atoms with E-state index in [1.54, 1.807) is 0 Å². The summed E-state index contributed by atoms with van der Waals surface area (Å²) in [6.45, 7) is 13.6. The van der Waals surface area contributed by atoms with E-state index in [4.69, 9.17) is 4.42 Å². The Hall–Kier alpha value is -0.800. The van der Waals surface area contributed by atoms with Crippen molar-refractivity contribution >= 4 is 26.9 Å². The van der Waals surface area contributed by atoms with Gasteiger partial charge in [-0.3, -0.25) is 0 Å². The van der Waals surface area contributed by atoms with E-state index in [9.17, 15) is 0 Å². The van der Waals surface area contributed by atoms with Crippen LogP contribution in [0.2, 0.25) is 0 Å². The Morgan fingerprint density at radius 1 is 1.16 bits per heavy atom. The first-order valence-corrected chi connectivity index (χ1v) is 7.42. The summed E-state index contributed by atoms with van der Waals surface area (Å²) in [6, 6.07) is 2.11. The van der Waals surface area contributed by atoms with Crippen LogP contribution in [-0.4, -0.2) is 5.54 Å². The molecule has 0 amide bonds. The zero-order chi connectivity index (χ0) is 14.4. The Bertz CT molecular complexity index is 620. The standard InChI is InChI=1S/C16H22BrNO/c1-9-7-12-14(11(3)15(9)17)10(2)13(19-12)8-18-16(4,5)6/h7,18H,8H2,1-6H3. The molecule has 2 aromatic rings. The summed E-state index contributed by atoms with van der Waals surface area (Å²) >= 11 is 3.66. The molecule has 0 saturated heterocycles. The second-order valence-electron chi connectivity index (χ2n) is 6.26. The molecular formula is C16H22BrNO. The Balaban J connectivity index is 2.49. The number of aryl methyl sites for hydroxylation is 3. The third kappa shape index (κ3) is 2.87. The molecule has 2 nitrogen and oxygen atoms in total. The van der Waals surface area contributed by atoms with Crippen molar-refractivity contribution in [2.75, 3.05) is 0 Å². The van der Waals surface area contributed by atoms with E-state index in [2.05, 4.69) is 68.9 Å². The van der Waals surface area contributed by atoms with Crippen LogP contribution in [0.4, 0.5) is 0 Å². The fourth-order valence-electron chi connectivity index (χ4n) is 2.33. The van der Waals surface area contributed by atoms with Crippen LogP contribution in [0, 0.1) is 20.8 Å². The van der Waals surface area contributed by atoms with Crippen LogP contribution in [0.15, 0.2) is 15.0 Å². The fourth-order valence-corrected chi connectivity index (χ4v) is 2.64. The molecule has 0 saturated carbocycles. The highest BCUT2D eigenvalue weighted by molar-refractivity contribution is 9.10. The maximum Gasteiger partial charge on any atom is 0.135 e. The van der Waals surface area contributed by atoms with Crippen molar-refractivity contribution in [3.8, 4) is 0 Å². The Morgan fingerprint density at radius 2 is 1.79 bits per heavy atom. The summed E-state index contributed by atoms with van der Waals surface area (Å²) in [7, 11) is 0. The quantitative estimate of drug-likeness (QED) is 0.840. The molecule has 0 aliphatic carbocycles. The average Bonchev–Trinajstić information content (AvgIpc) is 2.59. The zero-order valence-corrected chi connectivity index (χ0v) is 14.2. The minimum atomic E-state index is 0.0942. The summed E-state index contributed by atoms with van der Waals surface area (Å²) < 4.78 is 7.21. The molecule has 0 atom stereocenters. The smallest absolute Gasteiger partial charge is 0.135 e. The molecule has 2 rings (SSSR count). The maximum atomic E-state index is 6.03. The molecule has 1 aromatic heterocycles. The van der Waals surface area contributed by atoms with Crippen LogP contribution in [0.25, 0.3) is 11.0 Å². The van der Waals surface area contributed by atoms with Crippen LogP contribution >= 0.6 is 15.9 Å². The first-order valence-electron chi connectivity index (χ1n) is 6.63. The van der Waals surface area contributed by atoms with Gasteiger partial charge in [-0.25, -0.2) is 0 Å². The predicted molar refractivity (Wildman–Crippen MR) is 84.7 cm³/mol. The Morgan fingerprint density at radius 3 is 2.37 bits per heavy atom. The number of hydrogen-bond acceptors (Lipinski definition) is 2. The highest BCUT2D eigenvalue weighted by Crippen LogP contribution is 2.34.